The maximum Gasteiger partial charge on any atom is 0.246 e. The second kappa shape index (κ2) is 7.36. The summed E-state index contributed by atoms with van der Waals surface area (Å²) < 4.78 is 5.58. The summed E-state index contributed by atoms with van der Waals surface area (Å²) in [6.07, 6.45) is 2.07. The topological polar surface area (TPSA) is 46.6 Å². The molecule has 0 radical (unpaired) electrons. The number of hydrogen-bond donors (Lipinski definition) is 0. The Hall–Kier alpha value is -2.10. The maximum absolute atomic E-state index is 11.5. The summed E-state index contributed by atoms with van der Waals surface area (Å²) in [6, 6.07) is 5.45. The lowest BCUT2D eigenvalue weighted by Crippen LogP contribution is -2.33. The van der Waals surface area contributed by atoms with Gasteiger partial charge in [0.25, 0.3) is 0 Å². The molecule has 0 fully saturated rings. The third kappa shape index (κ3) is 3.95. The highest BCUT2D eigenvalue weighted by Gasteiger charge is 2.09. The van der Waals surface area contributed by atoms with Crippen LogP contribution in [0.1, 0.15) is 22.8 Å². The Morgan fingerprint density at radius 2 is 2.21 bits per heavy atom. The zero-order valence-electron chi connectivity index (χ0n) is 11.4. The highest BCUT2D eigenvalue weighted by Crippen LogP contribution is 2.19. The van der Waals surface area contributed by atoms with Crippen molar-refractivity contribution >= 4 is 12.2 Å². The Labute approximate surface area is 113 Å². The fourth-order valence-electron chi connectivity index (χ4n) is 1.75. The van der Waals surface area contributed by atoms with E-state index in [-0.39, 0.29) is 5.91 Å². The monoisotopic (exact) mass is 261 g/mol. The first-order valence-corrected chi connectivity index (χ1v) is 6.23. The quantitative estimate of drug-likeness (QED) is 0.558. The molecule has 1 amide bonds. The van der Waals surface area contributed by atoms with Crippen LogP contribution in [0, 0.1) is 6.92 Å². The number of benzene rings is 1. The normalized spacial score (nSPS) is 9.79. The zero-order chi connectivity index (χ0) is 14.3. The Bertz CT molecular complexity index is 468. The summed E-state index contributed by atoms with van der Waals surface area (Å²) in [4.78, 5) is 24.1. The van der Waals surface area contributed by atoms with E-state index in [1.54, 1.807) is 11.0 Å². The second-order valence-corrected chi connectivity index (χ2v) is 4.08. The van der Waals surface area contributed by atoms with Gasteiger partial charge >= 0.3 is 0 Å². The fourth-order valence-corrected chi connectivity index (χ4v) is 1.75. The van der Waals surface area contributed by atoms with Crippen LogP contribution < -0.4 is 4.74 Å². The van der Waals surface area contributed by atoms with E-state index in [0.29, 0.717) is 31.0 Å². The van der Waals surface area contributed by atoms with Gasteiger partial charge in [-0.05, 0) is 31.6 Å². The number of rotatable bonds is 7. The van der Waals surface area contributed by atoms with E-state index in [4.69, 9.17) is 4.74 Å². The van der Waals surface area contributed by atoms with Crippen LogP contribution in [0.5, 0.6) is 5.75 Å². The smallest absolute Gasteiger partial charge is 0.246 e. The van der Waals surface area contributed by atoms with Gasteiger partial charge in [-0.15, -0.1) is 0 Å². The first-order chi connectivity index (χ1) is 9.13. The SMILES string of the molecule is C=CC(=O)N(CC)CCOc1cccc(C)c1C=O. The minimum absolute atomic E-state index is 0.119. The third-order valence-corrected chi connectivity index (χ3v) is 2.89. The Kier molecular flexibility index (Phi) is 5.79. The molecule has 0 aliphatic carbocycles. The molecular formula is C15H19NO3. The molecule has 0 saturated carbocycles. The number of hydrogen-bond acceptors (Lipinski definition) is 3. The minimum atomic E-state index is -0.119. The van der Waals surface area contributed by atoms with Gasteiger partial charge in [-0.2, -0.15) is 0 Å². The van der Waals surface area contributed by atoms with Crippen molar-refractivity contribution < 1.29 is 14.3 Å². The van der Waals surface area contributed by atoms with Crippen molar-refractivity contribution in [3.05, 3.63) is 42.0 Å². The van der Waals surface area contributed by atoms with Crippen LogP contribution in [0.3, 0.4) is 0 Å². The van der Waals surface area contributed by atoms with Crippen LogP contribution >= 0.6 is 0 Å². The van der Waals surface area contributed by atoms with E-state index in [1.165, 1.54) is 6.08 Å². The van der Waals surface area contributed by atoms with Gasteiger partial charge in [-0.3, -0.25) is 9.59 Å². The number of carbonyl (C=O) groups is 2. The number of carbonyl (C=O) groups excluding carboxylic acids is 2. The molecule has 0 aromatic heterocycles. The first-order valence-electron chi connectivity index (χ1n) is 6.23. The number of aryl methyl sites for hydroxylation is 1. The Balaban J connectivity index is 2.62. The summed E-state index contributed by atoms with van der Waals surface area (Å²) in [5, 5.41) is 0. The van der Waals surface area contributed by atoms with Crippen molar-refractivity contribution in [2.45, 2.75) is 13.8 Å². The molecule has 1 aromatic carbocycles. The van der Waals surface area contributed by atoms with Gasteiger partial charge in [0.1, 0.15) is 12.4 Å². The average molecular weight is 261 g/mol. The van der Waals surface area contributed by atoms with E-state index in [9.17, 15) is 9.59 Å². The highest BCUT2D eigenvalue weighted by atomic mass is 16.5. The molecule has 1 aromatic rings. The van der Waals surface area contributed by atoms with Crippen LogP contribution in [0.25, 0.3) is 0 Å². The van der Waals surface area contributed by atoms with E-state index < -0.39 is 0 Å². The summed E-state index contributed by atoms with van der Waals surface area (Å²) in [7, 11) is 0. The van der Waals surface area contributed by atoms with E-state index >= 15 is 0 Å². The van der Waals surface area contributed by atoms with Crippen molar-refractivity contribution in [1.82, 2.24) is 4.90 Å². The molecule has 0 N–H and O–H groups in total. The molecule has 4 nitrogen and oxygen atoms in total. The lowest BCUT2D eigenvalue weighted by molar-refractivity contribution is -0.126. The molecule has 0 aliphatic rings. The van der Waals surface area contributed by atoms with Crippen molar-refractivity contribution in [1.29, 1.82) is 0 Å². The lowest BCUT2D eigenvalue weighted by atomic mass is 10.1. The summed E-state index contributed by atoms with van der Waals surface area (Å²) in [5.74, 6) is 0.433. The second-order valence-electron chi connectivity index (χ2n) is 4.08. The van der Waals surface area contributed by atoms with Crippen molar-refractivity contribution in [2.75, 3.05) is 19.7 Å². The van der Waals surface area contributed by atoms with Crippen LogP contribution in [-0.2, 0) is 4.79 Å². The van der Waals surface area contributed by atoms with Crippen molar-refractivity contribution in [2.24, 2.45) is 0 Å². The Morgan fingerprint density at radius 3 is 2.79 bits per heavy atom. The molecule has 0 aliphatic heterocycles. The number of likely N-dealkylation sites (N-methyl/N-ethyl adjacent to an activating group) is 1. The zero-order valence-corrected chi connectivity index (χ0v) is 11.4. The van der Waals surface area contributed by atoms with Gasteiger partial charge in [-0.25, -0.2) is 0 Å². The van der Waals surface area contributed by atoms with Gasteiger partial charge in [0.15, 0.2) is 6.29 Å². The molecule has 4 heteroatoms. The summed E-state index contributed by atoms with van der Waals surface area (Å²) >= 11 is 0. The molecule has 0 atom stereocenters. The number of ether oxygens (including phenoxy) is 1. The predicted octanol–water partition coefficient (Wildman–Crippen LogP) is 2.22. The molecule has 19 heavy (non-hydrogen) atoms. The Morgan fingerprint density at radius 1 is 1.47 bits per heavy atom. The third-order valence-electron chi connectivity index (χ3n) is 2.89. The van der Waals surface area contributed by atoms with Gasteiger partial charge in [0, 0.05) is 6.54 Å². The molecule has 1 rings (SSSR count). The number of aldehydes is 1. The summed E-state index contributed by atoms with van der Waals surface area (Å²) in [5.41, 5.74) is 1.43. The van der Waals surface area contributed by atoms with E-state index in [1.807, 2.05) is 26.0 Å². The van der Waals surface area contributed by atoms with Crippen LogP contribution in [0.4, 0.5) is 0 Å². The number of nitrogens with zero attached hydrogens (tertiary/aromatic N) is 1. The standard InChI is InChI=1S/C15H19NO3/c1-4-15(18)16(5-2)9-10-19-14-8-6-7-12(3)13(14)11-17/h4,6-8,11H,1,5,9-10H2,2-3H3. The van der Waals surface area contributed by atoms with Crippen molar-refractivity contribution in [3.63, 3.8) is 0 Å². The average Bonchev–Trinajstić information content (AvgIpc) is 2.43. The van der Waals surface area contributed by atoms with Gasteiger partial charge in [-0.1, -0.05) is 18.7 Å². The van der Waals surface area contributed by atoms with E-state index in [2.05, 4.69) is 6.58 Å². The minimum Gasteiger partial charge on any atom is -0.491 e. The predicted molar refractivity (Wildman–Crippen MR) is 74.5 cm³/mol. The van der Waals surface area contributed by atoms with Gasteiger partial charge in [0.2, 0.25) is 5.91 Å². The van der Waals surface area contributed by atoms with Crippen LogP contribution in [0.15, 0.2) is 30.9 Å². The number of amides is 1. The highest BCUT2D eigenvalue weighted by molar-refractivity contribution is 5.87. The summed E-state index contributed by atoms with van der Waals surface area (Å²) in [6.45, 7) is 8.62. The maximum atomic E-state index is 11.5. The fraction of sp³-hybridized carbons (Fsp3) is 0.333. The molecule has 0 bridgehead atoms. The molecule has 0 spiro atoms. The van der Waals surface area contributed by atoms with Gasteiger partial charge < -0.3 is 9.64 Å². The van der Waals surface area contributed by atoms with E-state index in [0.717, 1.165) is 11.8 Å². The largest absolute Gasteiger partial charge is 0.491 e. The molecule has 0 saturated heterocycles. The van der Waals surface area contributed by atoms with Crippen LogP contribution in [-0.4, -0.2) is 36.8 Å². The van der Waals surface area contributed by atoms with Crippen molar-refractivity contribution in [3.8, 4) is 5.75 Å². The first kappa shape index (κ1) is 15.0. The van der Waals surface area contributed by atoms with Gasteiger partial charge in [0.05, 0.1) is 12.1 Å². The molecular weight excluding hydrogens is 242 g/mol. The van der Waals surface area contributed by atoms with Crippen LogP contribution in [0.2, 0.25) is 0 Å². The lowest BCUT2D eigenvalue weighted by Gasteiger charge is -2.19. The molecule has 0 heterocycles. The molecule has 0 unspecified atom stereocenters. The molecule has 102 valence electrons.